The zero-order chi connectivity index (χ0) is 14.5. The van der Waals surface area contributed by atoms with Crippen LogP contribution in [0.2, 0.25) is 0 Å². The standard InChI is InChI=1S/C14H14N4O2/c1-16-13(19)9-2-5-11(6-3-9)18-14(20)12-7-4-10(15)8-17-12/h2-8H,15H2,1H3,(H,16,19)(H,18,20). The molecule has 0 spiro atoms. The smallest absolute Gasteiger partial charge is 0.274 e. The van der Waals surface area contributed by atoms with Crippen LogP contribution in [0.5, 0.6) is 0 Å². The molecule has 102 valence electrons. The van der Waals surface area contributed by atoms with Gasteiger partial charge in [-0.2, -0.15) is 0 Å². The molecular formula is C14H14N4O2. The number of nitrogen functional groups attached to an aromatic ring is 1. The fourth-order valence-electron chi connectivity index (χ4n) is 1.58. The Morgan fingerprint density at radius 1 is 1.05 bits per heavy atom. The summed E-state index contributed by atoms with van der Waals surface area (Å²) >= 11 is 0. The lowest BCUT2D eigenvalue weighted by Crippen LogP contribution is -2.18. The van der Waals surface area contributed by atoms with Gasteiger partial charge in [-0.05, 0) is 36.4 Å². The van der Waals surface area contributed by atoms with Crippen LogP contribution in [-0.2, 0) is 0 Å². The summed E-state index contributed by atoms with van der Waals surface area (Å²) in [6, 6.07) is 9.72. The van der Waals surface area contributed by atoms with E-state index in [4.69, 9.17) is 5.73 Å². The summed E-state index contributed by atoms with van der Waals surface area (Å²) in [6.07, 6.45) is 1.42. The van der Waals surface area contributed by atoms with E-state index in [0.29, 0.717) is 16.9 Å². The molecule has 0 saturated carbocycles. The third kappa shape index (κ3) is 3.11. The second-order valence-electron chi connectivity index (χ2n) is 4.09. The molecule has 0 radical (unpaired) electrons. The maximum atomic E-state index is 11.9. The van der Waals surface area contributed by atoms with Crippen molar-refractivity contribution < 1.29 is 9.59 Å². The molecule has 0 fully saturated rings. The van der Waals surface area contributed by atoms with Gasteiger partial charge in [0, 0.05) is 18.3 Å². The Balaban J connectivity index is 2.08. The van der Waals surface area contributed by atoms with Crippen molar-refractivity contribution in [3.8, 4) is 0 Å². The number of benzene rings is 1. The molecule has 0 unspecified atom stereocenters. The van der Waals surface area contributed by atoms with E-state index < -0.39 is 0 Å². The van der Waals surface area contributed by atoms with Crippen molar-refractivity contribution in [3.05, 3.63) is 53.9 Å². The Labute approximate surface area is 116 Å². The zero-order valence-corrected chi connectivity index (χ0v) is 10.9. The normalized spacial score (nSPS) is 9.85. The highest BCUT2D eigenvalue weighted by Crippen LogP contribution is 2.11. The van der Waals surface area contributed by atoms with Gasteiger partial charge in [0.2, 0.25) is 0 Å². The van der Waals surface area contributed by atoms with E-state index in [0.717, 1.165) is 0 Å². The van der Waals surface area contributed by atoms with E-state index in [2.05, 4.69) is 15.6 Å². The first-order valence-electron chi connectivity index (χ1n) is 5.95. The first kappa shape index (κ1) is 13.5. The summed E-state index contributed by atoms with van der Waals surface area (Å²) in [5.74, 6) is -0.513. The molecule has 6 heteroatoms. The lowest BCUT2D eigenvalue weighted by molar-refractivity contribution is 0.0962. The van der Waals surface area contributed by atoms with Crippen molar-refractivity contribution in [1.82, 2.24) is 10.3 Å². The molecular weight excluding hydrogens is 256 g/mol. The molecule has 4 N–H and O–H groups in total. The molecule has 0 atom stereocenters. The predicted molar refractivity (Wildman–Crippen MR) is 76.4 cm³/mol. The summed E-state index contributed by atoms with van der Waals surface area (Å²) in [7, 11) is 1.56. The maximum Gasteiger partial charge on any atom is 0.274 e. The van der Waals surface area contributed by atoms with Crippen LogP contribution in [0.15, 0.2) is 42.6 Å². The molecule has 20 heavy (non-hydrogen) atoms. The Morgan fingerprint density at radius 3 is 2.30 bits per heavy atom. The predicted octanol–water partition coefficient (Wildman–Crippen LogP) is 1.28. The van der Waals surface area contributed by atoms with Crippen LogP contribution < -0.4 is 16.4 Å². The van der Waals surface area contributed by atoms with Crippen molar-refractivity contribution in [2.24, 2.45) is 0 Å². The van der Waals surface area contributed by atoms with Gasteiger partial charge in [0.25, 0.3) is 11.8 Å². The molecule has 0 aliphatic heterocycles. The molecule has 1 heterocycles. The summed E-state index contributed by atoms with van der Waals surface area (Å²) in [6.45, 7) is 0. The Bertz CT molecular complexity index is 621. The van der Waals surface area contributed by atoms with Crippen LogP contribution >= 0.6 is 0 Å². The number of carbonyl (C=O) groups excluding carboxylic acids is 2. The first-order valence-corrected chi connectivity index (χ1v) is 5.95. The van der Waals surface area contributed by atoms with E-state index in [1.807, 2.05) is 0 Å². The Morgan fingerprint density at radius 2 is 1.75 bits per heavy atom. The van der Waals surface area contributed by atoms with Crippen LogP contribution in [0, 0.1) is 0 Å². The summed E-state index contributed by atoms with van der Waals surface area (Å²) in [5.41, 5.74) is 7.38. The number of aromatic nitrogens is 1. The fourth-order valence-corrected chi connectivity index (χ4v) is 1.58. The van der Waals surface area contributed by atoms with Crippen molar-refractivity contribution in [1.29, 1.82) is 0 Å². The van der Waals surface area contributed by atoms with Gasteiger partial charge in [0.1, 0.15) is 5.69 Å². The van der Waals surface area contributed by atoms with E-state index in [9.17, 15) is 9.59 Å². The molecule has 2 amide bonds. The highest BCUT2D eigenvalue weighted by atomic mass is 16.2. The summed E-state index contributed by atoms with van der Waals surface area (Å²) < 4.78 is 0. The topological polar surface area (TPSA) is 97.1 Å². The Kier molecular flexibility index (Phi) is 3.95. The lowest BCUT2D eigenvalue weighted by Gasteiger charge is -2.06. The molecule has 0 aliphatic carbocycles. The molecule has 2 rings (SSSR count). The van der Waals surface area contributed by atoms with Crippen LogP contribution in [0.3, 0.4) is 0 Å². The van der Waals surface area contributed by atoms with E-state index in [1.165, 1.54) is 6.20 Å². The molecule has 2 aromatic rings. The highest BCUT2D eigenvalue weighted by Gasteiger charge is 2.08. The number of carbonyl (C=O) groups is 2. The number of nitrogens with zero attached hydrogens (tertiary/aromatic N) is 1. The Hall–Kier alpha value is -2.89. The monoisotopic (exact) mass is 270 g/mol. The molecule has 0 saturated heterocycles. The number of rotatable bonds is 3. The van der Waals surface area contributed by atoms with Crippen LogP contribution in [-0.4, -0.2) is 23.8 Å². The van der Waals surface area contributed by atoms with E-state index in [1.54, 1.807) is 43.4 Å². The number of hydrogen-bond donors (Lipinski definition) is 3. The number of hydrogen-bond acceptors (Lipinski definition) is 4. The molecule has 1 aromatic heterocycles. The summed E-state index contributed by atoms with van der Waals surface area (Å²) in [5, 5.41) is 5.21. The first-order chi connectivity index (χ1) is 9.60. The maximum absolute atomic E-state index is 11.9. The quantitative estimate of drug-likeness (QED) is 0.782. The minimum atomic E-state index is -0.335. The van der Waals surface area contributed by atoms with Gasteiger partial charge in [-0.1, -0.05) is 0 Å². The molecule has 0 aliphatic rings. The van der Waals surface area contributed by atoms with Gasteiger partial charge in [-0.3, -0.25) is 9.59 Å². The second-order valence-corrected chi connectivity index (χ2v) is 4.09. The molecule has 1 aromatic carbocycles. The highest BCUT2D eigenvalue weighted by molar-refractivity contribution is 6.03. The lowest BCUT2D eigenvalue weighted by atomic mass is 10.2. The zero-order valence-electron chi connectivity index (χ0n) is 10.9. The van der Waals surface area contributed by atoms with Crippen molar-refractivity contribution in [2.45, 2.75) is 0 Å². The van der Waals surface area contributed by atoms with Gasteiger partial charge in [-0.25, -0.2) is 4.98 Å². The van der Waals surface area contributed by atoms with Gasteiger partial charge in [0.15, 0.2) is 0 Å². The molecule has 6 nitrogen and oxygen atoms in total. The number of nitrogens with two attached hydrogens (primary N) is 1. The van der Waals surface area contributed by atoms with E-state index >= 15 is 0 Å². The van der Waals surface area contributed by atoms with Crippen molar-refractivity contribution in [2.75, 3.05) is 18.1 Å². The average molecular weight is 270 g/mol. The number of nitrogens with one attached hydrogen (secondary N) is 2. The van der Waals surface area contributed by atoms with E-state index in [-0.39, 0.29) is 17.5 Å². The largest absolute Gasteiger partial charge is 0.397 e. The van der Waals surface area contributed by atoms with Crippen molar-refractivity contribution in [3.63, 3.8) is 0 Å². The van der Waals surface area contributed by atoms with Gasteiger partial charge in [-0.15, -0.1) is 0 Å². The van der Waals surface area contributed by atoms with Crippen LogP contribution in [0.25, 0.3) is 0 Å². The third-order valence-corrected chi connectivity index (χ3v) is 2.65. The SMILES string of the molecule is CNC(=O)c1ccc(NC(=O)c2ccc(N)cn2)cc1. The number of amides is 2. The van der Waals surface area contributed by atoms with Crippen molar-refractivity contribution >= 4 is 23.2 Å². The second kappa shape index (κ2) is 5.83. The van der Waals surface area contributed by atoms with Crippen LogP contribution in [0.4, 0.5) is 11.4 Å². The number of anilines is 2. The van der Waals surface area contributed by atoms with Gasteiger partial charge in [0.05, 0.1) is 11.9 Å². The fraction of sp³-hybridized carbons (Fsp3) is 0.0714. The molecule has 0 bridgehead atoms. The van der Waals surface area contributed by atoms with Crippen LogP contribution in [0.1, 0.15) is 20.8 Å². The summed E-state index contributed by atoms with van der Waals surface area (Å²) in [4.78, 5) is 27.2. The minimum absolute atomic E-state index is 0.178. The minimum Gasteiger partial charge on any atom is -0.397 e. The van der Waals surface area contributed by atoms with Gasteiger partial charge < -0.3 is 16.4 Å². The number of pyridine rings is 1. The van der Waals surface area contributed by atoms with Gasteiger partial charge >= 0.3 is 0 Å². The third-order valence-electron chi connectivity index (χ3n) is 2.65. The average Bonchev–Trinajstić information content (AvgIpc) is 2.48.